The van der Waals surface area contributed by atoms with E-state index in [1.54, 1.807) is 0 Å². The highest BCUT2D eigenvalue weighted by molar-refractivity contribution is 6.32. The van der Waals surface area contributed by atoms with Crippen molar-refractivity contribution in [3.8, 4) is 11.5 Å². The highest BCUT2D eigenvalue weighted by Gasteiger charge is 2.38. The zero-order chi connectivity index (χ0) is 19.8. The molecule has 0 aliphatic carbocycles. The largest absolute Gasteiger partial charge is 0.507 e. The third kappa shape index (κ3) is 3.29. The molecule has 0 radical (unpaired) electrons. The van der Waals surface area contributed by atoms with Crippen LogP contribution in [0.3, 0.4) is 0 Å². The molecule has 0 saturated carbocycles. The van der Waals surface area contributed by atoms with Crippen LogP contribution in [-0.2, 0) is 17.8 Å². The van der Waals surface area contributed by atoms with E-state index >= 15 is 0 Å². The van der Waals surface area contributed by atoms with Gasteiger partial charge in [0.1, 0.15) is 17.5 Å². The number of hydrogen-bond acceptors (Lipinski definition) is 4. The summed E-state index contributed by atoms with van der Waals surface area (Å²) in [6, 6.07) is 9.41. The summed E-state index contributed by atoms with van der Waals surface area (Å²) in [7, 11) is 0. The molecule has 0 unspecified atom stereocenters. The number of carbonyl (C=O) groups is 2. The summed E-state index contributed by atoms with van der Waals surface area (Å²) in [5, 5.41) is 19.8. The van der Waals surface area contributed by atoms with Crippen molar-refractivity contribution in [3.63, 3.8) is 0 Å². The lowest BCUT2D eigenvalue weighted by atomic mass is 9.92. The molecule has 4 rings (SSSR count). The van der Waals surface area contributed by atoms with E-state index in [4.69, 9.17) is 11.6 Å². The van der Waals surface area contributed by atoms with Crippen LogP contribution in [0.5, 0.6) is 11.5 Å². The molecule has 28 heavy (non-hydrogen) atoms. The quantitative estimate of drug-likeness (QED) is 0.812. The van der Waals surface area contributed by atoms with Gasteiger partial charge in [0.15, 0.2) is 0 Å². The predicted octanol–water partition coefficient (Wildman–Crippen LogP) is 2.94. The molecule has 2 aromatic carbocycles. The smallest absolute Gasteiger partial charge is 0.258 e. The fourth-order valence-corrected chi connectivity index (χ4v) is 4.15. The molecule has 0 aromatic heterocycles. The Morgan fingerprint density at radius 2 is 1.68 bits per heavy atom. The molecule has 0 spiro atoms. The minimum Gasteiger partial charge on any atom is -0.507 e. The van der Waals surface area contributed by atoms with E-state index in [9.17, 15) is 19.8 Å². The van der Waals surface area contributed by atoms with Gasteiger partial charge < -0.3 is 20.0 Å². The third-order valence-corrected chi connectivity index (χ3v) is 5.81. The molecule has 2 N–H and O–H groups in total. The van der Waals surface area contributed by atoms with Crippen molar-refractivity contribution in [2.24, 2.45) is 0 Å². The number of nitrogens with zero attached hydrogens (tertiary/aromatic N) is 2. The Bertz CT molecular complexity index is 940. The summed E-state index contributed by atoms with van der Waals surface area (Å²) in [5.74, 6) is -1.21. The Morgan fingerprint density at radius 1 is 1.00 bits per heavy atom. The SMILES string of the molecule is O=C([C@H]1Cc2ccccc2CN1C(=O)c1cc(Cl)c(O)cc1O)N1CCCC1. The molecule has 1 fully saturated rings. The van der Waals surface area contributed by atoms with Gasteiger partial charge in [-0.3, -0.25) is 9.59 Å². The van der Waals surface area contributed by atoms with E-state index in [2.05, 4.69) is 0 Å². The van der Waals surface area contributed by atoms with Crippen LogP contribution < -0.4 is 0 Å². The van der Waals surface area contributed by atoms with Crippen LogP contribution in [0.25, 0.3) is 0 Å². The Hall–Kier alpha value is -2.73. The van der Waals surface area contributed by atoms with Crippen molar-refractivity contribution < 1.29 is 19.8 Å². The van der Waals surface area contributed by atoms with Crippen LogP contribution in [0.15, 0.2) is 36.4 Å². The van der Waals surface area contributed by atoms with Gasteiger partial charge in [-0.1, -0.05) is 35.9 Å². The molecule has 2 aromatic rings. The topological polar surface area (TPSA) is 81.1 Å². The van der Waals surface area contributed by atoms with Gasteiger partial charge in [-0.15, -0.1) is 0 Å². The molecule has 2 heterocycles. The van der Waals surface area contributed by atoms with E-state index in [0.29, 0.717) is 19.5 Å². The summed E-state index contributed by atoms with van der Waals surface area (Å²) in [5.41, 5.74) is 2.00. The van der Waals surface area contributed by atoms with Gasteiger partial charge in [0.05, 0.1) is 10.6 Å². The molecule has 146 valence electrons. The van der Waals surface area contributed by atoms with Crippen molar-refractivity contribution in [1.82, 2.24) is 9.80 Å². The number of phenols is 2. The van der Waals surface area contributed by atoms with E-state index < -0.39 is 11.9 Å². The maximum atomic E-state index is 13.3. The van der Waals surface area contributed by atoms with Crippen LogP contribution in [0.4, 0.5) is 0 Å². The molecular weight excluding hydrogens is 380 g/mol. The molecule has 6 nitrogen and oxygen atoms in total. The number of benzene rings is 2. The average molecular weight is 401 g/mol. The highest BCUT2D eigenvalue weighted by atomic mass is 35.5. The zero-order valence-electron chi connectivity index (χ0n) is 15.3. The molecule has 0 bridgehead atoms. The molecule has 1 saturated heterocycles. The van der Waals surface area contributed by atoms with Crippen molar-refractivity contribution in [3.05, 3.63) is 58.1 Å². The lowest BCUT2D eigenvalue weighted by Crippen LogP contribution is -2.53. The summed E-state index contributed by atoms with van der Waals surface area (Å²) < 4.78 is 0. The van der Waals surface area contributed by atoms with Crippen LogP contribution >= 0.6 is 11.6 Å². The molecule has 2 amide bonds. The second-order valence-corrected chi connectivity index (χ2v) is 7.68. The van der Waals surface area contributed by atoms with Gasteiger partial charge in [0, 0.05) is 32.1 Å². The van der Waals surface area contributed by atoms with Crippen LogP contribution in [0.1, 0.15) is 34.3 Å². The monoisotopic (exact) mass is 400 g/mol. The van der Waals surface area contributed by atoms with Gasteiger partial charge in [-0.25, -0.2) is 0 Å². The standard InChI is InChI=1S/C21H21ClN2O4/c22-16-10-15(18(25)11-19(16)26)20(27)24-12-14-6-2-1-5-13(14)9-17(24)21(28)23-7-3-4-8-23/h1-2,5-6,10-11,17,25-26H,3-4,7-9,12H2/t17-/m1/s1. The molecule has 1 atom stereocenters. The lowest BCUT2D eigenvalue weighted by molar-refractivity contribution is -0.135. The first kappa shape index (κ1) is 18.6. The third-order valence-electron chi connectivity index (χ3n) is 5.51. The number of phenolic OH excluding ortho intramolecular Hbond substituents is 2. The van der Waals surface area contributed by atoms with Crippen molar-refractivity contribution in [1.29, 1.82) is 0 Å². The number of rotatable bonds is 2. The van der Waals surface area contributed by atoms with Gasteiger partial charge in [-0.05, 0) is 30.0 Å². The molecule has 2 aliphatic heterocycles. The van der Waals surface area contributed by atoms with E-state index in [1.807, 2.05) is 29.2 Å². The van der Waals surface area contributed by atoms with Crippen molar-refractivity contribution >= 4 is 23.4 Å². The Kier molecular flexibility index (Phi) is 4.89. The van der Waals surface area contributed by atoms with Gasteiger partial charge in [0.25, 0.3) is 5.91 Å². The number of amides is 2. The first-order chi connectivity index (χ1) is 13.5. The van der Waals surface area contributed by atoms with E-state index in [0.717, 1.165) is 30.0 Å². The average Bonchev–Trinajstić information content (AvgIpc) is 3.23. The first-order valence-electron chi connectivity index (χ1n) is 9.33. The second-order valence-electron chi connectivity index (χ2n) is 7.27. The summed E-state index contributed by atoms with van der Waals surface area (Å²) >= 11 is 5.95. The number of halogens is 1. The van der Waals surface area contributed by atoms with Crippen molar-refractivity contribution in [2.45, 2.75) is 31.8 Å². The summed E-state index contributed by atoms with van der Waals surface area (Å²) in [4.78, 5) is 29.8. The minimum atomic E-state index is -0.632. The van der Waals surface area contributed by atoms with Gasteiger partial charge >= 0.3 is 0 Å². The summed E-state index contributed by atoms with van der Waals surface area (Å²) in [6.07, 6.45) is 2.37. The Morgan fingerprint density at radius 3 is 2.39 bits per heavy atom. The van der Waals surface area contributed by atoms with Gasteiger partial charge in [-0.2, -0.15) is 0 Å². The predicted molar refractivity (Wildman–Crippen MR) is 104 cm³/mol. The van der Waals surface area contributed by atoms with Crippen LogP contribution in [-0.4, -0.2) is 51.0 Å². The zero-order valence-corrected chi connectivity index (χ0v) is 16.0. The lowest BCUT2D eigenvalue weighted by Gasteiger charge is -2.38. The van der Waals surface area contributed by atoms with Gasteiger partial charge in [0.2, 0.25) is 5.91 Å². The molecule has 2 aliphatic rings. The van der Waals surface area contributed by atoms with Crippen molar-refractivity contribution in [2.75, 3.05) is 13.1 Å². The molecular formula is C21H21ClN2O4. The number of hydrogen-bond donors (Lipinski definition) is 2. The second kappa shape index (κ2) is 7.36. The number of aromatic hydroxyl groups is 2. The minimum absolute atomic E-state index is 0.0265. The number of likely N-dealkylation sites (tertiary alicyclic amines) is 1. The summed E-state index contributed by atoms with van der Waals surface area (Å²) in [6.45, 7) is 1.68. The number of fused-ring (bicyclic) bond motifs is 1. The fraction of sp³-hybridized carbons (Fsp3) is 0.333. The molecule has 7 heteroatoms. The Balaban J connectivity index is 1.72. The Labute approximate surface area is 167 Å². The number of carbonyl (C=O) groups excluding carboxylic acids is 2. The van der Waals surface area contributed by atoms with E-state index in [-0.39, 0.29) is 34.5 Å². The van der Waals surface area contributed by atoms with E-state index in [1.165, 1.54) is 11.0 Å². The maximum absolute atomic E-state index is 13.3. The first-order valence-corrected chi connectivity index (χ1v) is 9.71. The normalized spacial score (nSPS) is 18.8. The highest BCUT2D eigenvalue weighted by Crippen LogP contribution is 2.34. The van der Waals surface area contributed by atoms with Crippen LogP contribution in [0.2, 0.25) is 5.02 Å². The fourth-order valence-electron chi connectivity index (χ4n) is 3.98. The maximum Gasteiger partial charge on any atom is 0.258 e. The van der Waals surface area contributed by atoms with Crippen LogP contribution in [0, 0.1) is 0 Å².